The molecule has 1 spiro atoms. The first-order valence-corrected chi connectivity index (χ1v) is 10.7. The Labute approximate surface area is 170 Å². The van der Waals surface area contributed by atoms with Crippen LogP contribution in [0.2, 0.25) is 0 Å². The summed E-state index contributed by atoms with van der Waals surface area (Å²) in [5.41, 5.74) is 2.58. The molecule has 2 aromatic heterocycles. The Morgan fingerprint density at radius 3 is 2.90 bits per heavy atom. The zero-order chi connectivity index (χ0) is 19.8. The Hall–Kier alpha value is -2.28. The fourth-order valence-electron chi connectivity index (χ4n) is 5.13. The average Bonchev–Trinajstić information content (AvgIpc) is 3.37. The molecule has 6 nitrogen and oxygen atoms in total. The van der Waals surface area contributed by atoms with Crippen molar-refractivity contribution in [1.29, 1.82) is 0 Å². The van der Waals surface area contributed by atoms with Gasteiger partial charge in [0.15, 0.2) is 11.6 Å². The van der Waals surface area contributed by atoms with Crippen LogP contribution in [-0.2, 0) is 16.6 Å². The number of ether oxygens (including phenoxy) is 1. The fourth-order valence-corrected chi connectivity index (χ4v) is 5.13. The minimum absolute atomic E-state index is 0.0810. The van der Waals surface area contributed by atoms with Crippen LogP contribution in [0.5, 0.6) is 0 Å². The molecule has 2 fully saturated rings. The Morgan fingerprint density at radius 2 is 2.14 bits per heavy atom. The van der Waals surface area contributed by atoms with Gasteiger partial charge in [0, 0.05) is 49.3 Å². The maximum Gasteiger partial charge on any atom is 0.165 e. The van der Waals surface area contributed by atoms with E-state index in [1.807, 2.05) is 6.92 Å². The molecule has 0 aromatic carbocycles. The molecular weight excluding hydrogens is 369 g/mol. The average molecular weight is 397 g/mol. The number of nitrogens with one attached hydrogen (secondary N) is 1. The van der Waals surface area contributed by atoms with Gasteiger partial charge in [-0.15, -0.1) is 0 Å². The third-order valence-electron chi connectivity index (χ3n) is 6.82. The number of fused-ring (bicyclic) bond motifs is 2. The van der Waals surface area contributed by atoms with Crippen LogP contribution in [0.4, 0.5) is 16.0 Å². The molecule has 5 rings (SSSR count). The van der Waals surface area contributed by atoms with E-state index in [0.717, 1.165) is 76.6 Å². The molecule has 2 aliphatic heterocycles. The summed E-state index contributed by atoms with van der Waals surface area (Å²) in [6, 6.07) is 3.13. The number of hydrogen-bond acceptors (Lipinski definition) is 6. The van der Waals surface area contributed by atoms with E-state index in [2.05, 4.69) is 15.2 Å². The monoisotopic (exact) mass is 397 g/mol. The first-order valence-electron chi connectivity index (χ1n) is 10.7. The van der Waals surface area contributed by atoms with Gasteiger partial charge >= 0.3 is 0 Å². The van der Waals surface area contributed by atoms with E-state index >= 15 is 0 Å². The zero-order valence-electron chi connectivity index (χ0n) is 17.0. The highest BCUT2D eigenvalue weighted by Gasteiger charge is 2.44. The van der Waals surface area contributed by atoms with E-state index < -0.39 is 0 Å². The van der Waals surface area contributed by atoms with Gasteiger partial charge in [-0.05, 0) is 51.2 Å². The number of rotatable bonds is 4. The standard InChI is InChI=1S/C22H28FN5O/c1-15-26-19-17(20(27-15)25-13-16-5-12-29-14-16)4-6-22(19)7-10-28(11-8-22)21-18(23)3-2-9-24-21/h2-3,9,16H,4-8,10-14H2,1H3,(H,25,26,27). The van der Waals surface area contributed by atoms with Crippen molar-refractivity contribution >= 4 is 11.6 Å². The summed E-state index contributed by atoms with van der Waals surface area (Å²) in [6.45, 7) is 6.20. The van der Waals surface area contributed by atoms with E-state index in [-0.39, 0.29) is 11.2 Å². The normalized spacial score (nSPS) is 22.8. The summed E-state index contributed by atoms with van der Waals surface area (Å²) in [5, 5.41) is 3.59. The van der Waals surface area contributed by atoms with Gasteiger partial charge < -0.3 is 15.0 Å². The number of aryl methyl sites for hydroxylation is 1. The van der Waals surface area contributed by atoms with Crippen molar-refractivity contribution in [3.8, 4) is 0 Å². The molecular formula is C22H28FN5O. The predicted octanol–water partition coefficient (Wildman–Crippen LogP) is 3.25. The number of halogens is 1. The van der Waals surface area contributed by atoms with Gasteiger partial charge in [-0.2, -0.15) is 0 Å². The maximum atomic E-state index is 14.2. The molecule has 1 atom stereocenters. The molecule has 0 radical (unpaired) electrons. The lowest BCUT2D eigenvalue weighted by Crippen LogP contribution is -2.42. The highest BCUT2D eigenvalue weighted by atomic mass is 19.1. The molecule has 2 aromatic rings. The van der Waals surface area contributed by atoms with E-state index in [0.29, 0.717) is 11.7 Å². The van der Waals surface area contributed by atoms with Gasteiger partial charge in [-0.3, -0.25) is 0 Å². The number of aromatic nitrogens is 3. The number of hydrogen-bond donors (Lipinski definition) is 1. The fraction of sp³-hybridized carbons (Fsp3) is 0.591. The minimum atomic E-state index is -0.240. The zero-order valence-corrected chi connectivity index (χ0v) is 17.0. The number of nitrogens with zero attached hydrogens (tertiary/aromatic N) is 4. The summed E-state index contributed by atoms with van der Waals surface area (Å²) in [7, 11) is 0. The molecule has 1 aliphatic carbocycles. The number of pyridine rings is 1. The van der Waals surface area contributed by atoms with Crippen LogP contribution in [-0.4, -0.2) is 47.8 Å². The van der Waals surface area contributed by atoms with Gasteiger partial charge in [0.05, 0.1) is 12.3 Å². The van der Waals surface area contributed by atoms with Gasteiger partial charge in [0.2, 0.25) is 0 Å². The van der Waals surface area contributed by atoms with Crippen LogP contribution < -0.4 is 10.2 Å². The second-order valence-electron chi connectivity index (χ2n) is 8.63. The van der Waals surface area contributed by atoms with E-state index in [9.17, 15) is 4.39 Å². The van der Waals surface area contributed by atoms with Crippen molar-refractivity contribution in [1.82, 2.24) is 15.0 Å². The van der Waals surface area contributed by atoms with Crippen molar-refractivity contribution in [3.63, 3.8) is 0 Å². The first kappa shape index (κ1) is 18.7. The molecule has 0 amide bonds. The summed E-state index contributed by atoms with van der Waals surface area (Å²) < 4.78 is 19.7. The molecule has 0 bridgehead atoms. The Kier molecular flexibility index (Phi) is 4.86. The lowest BCUT2D eigenvalue weighted by Gasteiger charge is -2.40. The smallest absolute Gasteiger partial charge is 0.165 e. The number of piperidine rings is 1. The molecule has 0 saturated carbocycles. The molecule has 3 aliphatic rings. The van der Waals surface area contributed by atoms with Crippen molar-refractivity contribution in [2.75, 3.05) is 43.1 Å². The molecule has 4 heterocycles. The summed E-state index contributed by atoms with van der Waals surface area (Å²) in [5.74, 6) is 2.63. The van der Waals surface area contributed by atoms with Crippen molar-refractivity contribution in [3.05, 3.63) is 41.2 Å². The minimum Gasteiger partial charge on any atom is -0.381 e. The van der Waals surface area contributed by atoms with Crippen LogP contribution in [0.3, 0.4) is 0 Å². The first-order chi connectivity index (χ1) is 14.1. The van der Waals surface area contributed by atoms with E-state index in [1.165, 1.54) is 17.3 Å². The SMILES string of the molecule is Cc1nc(NCC2CCOC2)c2c(n1)C1(CC2)CCN(c2ncccc2F)CC1. The molecule has 1 unspecified atom stereocenters. The van der Waals surface area contributed by atoms with Crippen LogP contribution >= 0.6 is 0 Å². The summed E-state index contributed by atoms with van der Waals surface area (Å²) >= 11 is 0. The third-order valence-corrected chi connectivity index (χ3v) is 6.82. The largest absolute Gasteiger partial charge is 0.381 e. The lowest BCUT2D eigenvalue weighted by atomic mass is 9.76. The number of anilines is 2. The lowest BCUT2D eigenvalue weighted by molar-refractivity contribution is 0.187. The van der Waals surface area contributed by atoms with E-state index in [4.69, 9.17) is 14.7 Å². The van der Waals surface area contributed by atoms with Crippen molar-refractivity contribution in [2.24, 2.45) is 5.92 Å². The second kappa shape index (κ2) is 7.52. The Balaban J connectivity index is 1.35. The van der Waals surface area contributed by atoms with Crippen LogP contribution in [0.1, 0.15) is 42.8 Å². The second-order valence-corrected chi connectivity index (χ2v) is 8.63. The summed E-state index contributed by atoms with van der Waals surface area (Å²) in [4.78, 5) is 16.0. The quantitative estimate of drug-likeness (QED) is 0.855. The Bertz CT molecular complexity index is 891. The summed E-state index contributed by atoms with van der Waals surface area (Å²) in [6.07, 6.45) is 6.84. The molecule has 2 saturated heterocycles. The van der Waals surface area contributed by atoms with Crippen LogP contribution in [0.25, 0.3) is 0 Å². The third kappa shape index (κ3) is 3.45. The predicted molar refractivity (Wildman–Crippen MR) is 110 cm³/mol. The van der Waals surface area contributed by atoms with Crippen LogP contribution in [0, 0.1) is 18.7 Å². The molecule has 29 heavy (non-hydrogen) atoms. The van der Waals surface area contributed by atoms with Gasteiger partial charge in [0.1, 0.15) is 11.6 Å². The highest BCUT2D eigenvalue weighted by Crippen LogP contribution is 2.47. The van der Waals surface area contributed by atoms with E-state index in [1.54, 1.807) is 12.3 Å². The maximum absolute atomic E-state index is 14.2. The molecule has 7 heteroatoms. The van der Waals surface area contributed by atoms with Crippen molar-refractivity contribution < 1.29 is 9.13 Å². The topological polar surface area (TPSA) is 63.2 Å². The van der Waals surface area contributed by atoms with Gasteiger partial charge in [-0.1, -0.05) is 0 Å². The Morgan fingerprint density at radius 1 is 1.28 bits per heavy atom. The van der Waals surface area contributed by atoms with Crippen LogP contribution in [0.15, 0.2) is 18.3 Å². The molecule has 1 N–H and O–H groups in total. The molecule has 154 valence electrons. The van der Waals surface area contributed by atoms with Crippen molar-refractivity contribution in [2.45, 2.75) is 44.4 Å². The van der Waals surface area contributed by atoms with Gasteiger partial charge in [0.25, 0.3) is 0 Å². The highest BCUT2D eigenvalue weighted by molar-refractivity contribution is 5.53. The van der Waals surface area contributed by atoms with Gasteiger partial charge in [-0.25, -0.2) is 19.3 Å².